The van der Waals surface area contributed by atoms with Crippen LogP contribution in [0.15, 0.2) is 53.7 Å². The minimum Gasteiger partial charge on any atom is -0.267 e. The molecule has 0 bridgehead atoms. The topological polar surface area (TPSA) is 63.6 Å². The molecule has 0 unspecified atom stereocenters. The van der Waals surface area contributed by atoms with Gasteiger partial charge in [0.15, 0.2) is 16.7 Å². The molecule has 1 aliphatic heterocycles. The number of benzene rings is 1. The van der Waals surface area contributed by atoms with Gasteiger partial charge in [-0.2, -0.15) is 5.01 Å². The van der Waals surface area contributed by atoms with Gasteiger partial charge in [-0.25, -0.2) is 4.98 Å². The number of hydrogen-bond donors (Lipinski definition) is 1. The lowest BCUT2D eigenvalue weighted by Crippen LogP contribution is -2.45. The molecular formula is C17H14N3O2S2+. The number of carbonyl (C=O) groups is 2. The van der Waals surface area contributed by atoms with Gasteiger partial charge >= 0.3 is 0 Å². The van der Waals surface area contributed by atoms with Gasteiger partial charge in [-0.3, -0.25) is 15.0 Å². The summed E-state index contributed by atoms with van der Waals surface area (Å²) in [6, 6.07) is 10.9. The maximum atomic E-state index is 12.5. The molecule has 2 N–H and O–H groups in total. The van der Waals surface area contributed by atoms with Gasteiger partial charge in [0.1, 0.15) is 0 Å². The Kier molecular flexibility index (Phi) is 4.73. The number of thiocarbonyl (C=S) groups is 1. The number of nitrogens with one attached hydrogen (secondary N) is 2. The van der Waals surface area contributed by atoms with E-state index in [1.165, 1.54) is 0 Å². The average Bonchev–Trinajstić information content (AvgIpc) is 2.83. The Labute approximate surface area is 148 Å². The molecule has 3 rings (SSSR count). The van der Waals surface area contributed by atoms with E-state index in [9.17, 15) is 9.59 Å². The summed E-state index contributed by atoms with van der Waals surface area (Å²) >= 11 is 6.38. The minimum absolute atomic E-state index is 0.299. The summed E-state index contributed by atoms with van der Waals surface area (Å²) in [5.74, 6) is -0.700. The van der Waals surface area contributed by atoms with Crippen molar-refractivity contribution >= 4 is 46.2 Å². The zero-order chi connectivity index (χ0) is 17.1. The van der Waals surface area contributed by atoms with Crippen molar-refractivity contribution in [2.24, 2.45) is 0 Å². The van der Waals surface area contributed by atoms with Crippen LogP contribution < -0.4 is 10.4 Å². The van der Waals surface area contributed by atoms with E-state index >= 15 is 0 Å². The molecule has 1 fully saturated rings. The fraction of sp³-hybridized carbons (Fsp3) is 0.0588. The van der Waals surface area contributed by atoms with Crippen LogP contribution in [0.3, 0.4) is 0 Å². The summed E-state index contributed by atoms with van der Waals surface area (Å²) in [6.45, 7) is 1.84. The van der Waals surface area contributed by atoms with Crippen molar-refractivity contribution in [3.8, 4) is 0 Å². The van der Waals surface area contributed by atoms with Crippen LogP contribution in [-0.2, 0) is 4.79 Å². The van der Waals surface area contributed by atoms with Gasteiger partial charge in [0.05, 0.1) is 4.91 Å². The molecule has 1 aliphatic rings. The van der Waals surface area contributed by atoms with Crippen molar-refractivity contribution in [3.05, 3.63) is 70.4 Å². The third kappa shape index (κ3) is 3.37. The van der Waals surface area contributed by atoms with Crippen LogP contribution in [0.4, 0.5) is 0 Å². The van der Waals surface area contributed by atoms with E-state index in [0.717, 1.165) is 27.9 Å². The first kappa shape index (κ1) is 16.4. The maximum absolute atomic E-state index is 12.5. The van der Waals surface area contributed by atoms with Crippen molar-refractivity contribution in [2.45, 2.75) is 6.92 Å². The number of rotatable bonds is 3. The van der Waals surface area contributed by atoms with Gasteiger partial charge < -0.3 is 0 Å². The zero-order valence-corrected chi connectivity index (χ0v) is 14.4. The van der Waals surface area contributed by atoms with Gasteiger partial charge in [-0.05, 0) is 42.9 Å². The fourth-order valence-corrected chi connectivity index (χ4v) is 3.38. The van der Waals surface area contributed by atoms with Crippen LogP contribution in [-0.4, -0.2) is 21.1 Å². The smallest absolute Gasteiger partial charge is 0.267 e. The second-order valence-corrected chi connectivity index (χ2v) is 6.79. The monoisotopic (exact) mass is 356 g/mol. The van der Waals surface area contributed by atoms with Crippen LogP contribution in [0.1, 0.15) is 21.5 Å². The summed E-state index contributed by atoms with van der Waals surface area (Å²) in [5, 5.41) is 1.12. The lowest BCUT2D eigenvalue weighted by Gasteiger charge is -2.16. The normalized spacial score (nSPS) is 15.9. The molecule has 2 aromatic rings. The largest absolute Gasteiger partial charge is 0.285 e. The highest BCUT2D eigenvalue weighted by Gasteiger charge is 2.34. The van der Waals surface area contributed by atoms with Crippen LogP contribution in [0, 0.1) is 6.92 Å². The number of aryl methyl sites for hydroxylation is 1. The number of pyridine rings is 1. The molecule has 5 nitrogen and oxygen atoms in total. The molecule has 1 aromatic carbocycles. The molecule has 0 radical (unpaired) electrons. The summed E-state index contributed by atoms with van der Waals surface area (Å²) < 4.78 is 0.299. The van der Waals surface area contributed by atoms with Gasteiger partial charge in [0.2, 0.25) is 0 Å². The third-order valence-corrected chi connectivity index (χ3v) is 4.73. The van der Waals surface area contributed by atoms with Crippen molar-refractivity contribution in [1.29, 1.82) is 0 Å². The Morgan fingerprint density at radius 2 is 2.08 bits per heavy atom. The fourth-order valence-electron chi connectivity index (χ4n) is 2.20. The third-order valence-electron chi connectivity index (χ3n) is 3.43. The number of aromatic amines is 1. The molecule has 120 valence electrons. The molecule has 0 spiro atoms. The first-order chi connectivity index (χ1) is 11.6. The lowest BCUT2D eigenvalue weighted by molar-refractivity contribution is -0.378. The van der Waals surface area contributed by atoms with Crippen molar-refractivity contribution in [2.75, 3.05) is 0 Å². The number of carbonyl (C=O) groups excluding carboxylic acids is 2. The number of H-pyrrole nitrogens is 1. The minimum atomic E-state index is -0.362. The second-order valence-electron chi connectivity index (χ2n) is 5.11. The molecule has 7 heteroatoms. The first-order valence-corrected chi connectivity index (χ1v) is 8.39. The summed E-state index contributed by atoms with van der Waals surface area (Å²) in [5.41, 5.74) is 4.77. The SMILES string of the molecule is Cc1ccccc1C(=O)NN1C(=O)C(=Cc2ccc[nH+]c2)SC1=S. The molecule has 1 aromatic heterocycles. The van der Waals surface area contributed by atoms with Gasteiger partial charge in [-0.1, -0.05) is 30.0 Å². The quantitative estimate of drug-likeness (QED) is 0.677. The Morgan fingerprint density at radius 3 is 2.79 bits per heavy atom. The molecular weight excluding hydrogens is 342 g/mol. The Morgan fingerprint density at radius 1 is 1.29 bits per heavy atom. The molecule has 24 heavy (non-hydrogen) atoms. The highest BCUT2D eigenvalue weighted by Crippen LogP contribution is 2.31. The number of hydrogen-bond acceptors (Lipinski definition) is 4. The predicted octanol–water partition coefficient (Wildman–Crippen LogP) is 2.36. The van der Waals surface area contributed by atoms with E-state index < -0.39 is 0 Å². The standard InChI is InChI=1S/C17H13N3O2S2/c1-11-5-2-3-7-13(11)15(21)19-20-16(22)14(24-17(20)23)9-12-6-4-8-18-10-12/h2-10H,1H3,(H,19,21)/p+1. The van der Waals surface area contributed by atoms with Crippen molar-refractivity contribution in [3.63, 3.8) is 0 Å². The Balaban J connectivity index is 1.79. The van der Waals surface area contributed by atoms with Crippen LogP contribution in [0.25, 0.3) is 6.08 Å². The van der Waals surface area contributed by atoms with Gasteiger partial charge in [-0.15, -0.1) is 0 Å². The lowest BCUT2D eigenvalue weighted by atomic mass is 10.1. The number of nitrogens with zero attached hydrogens (tertiary/aromatic N) is 1. The van der Waals surface area contributed by atoms with Crippen LogP contribution in [0.2, 0.25) is 0 Å². The number of thioether (sulfide) groups is 1. The van der Waals surface area contributed by atoms with Crippen molar-refractivity contribution in [1.82, 2.24) is 10.4 Å². The van der Waals surface area contributed by atoms with E-state index in [0.29, 0.717) is 14.8 Å². The molecule has 0 aliphatic carbocycles. The van der Waals surface area contributed by atoms with E-state index in [1.807, 2.05) is 31.2 Å². The predicted molar refractivity (Wildman–Crippen MR) is 96.7 cm³/mol. The highest BCUT2D eigenvalue weighted by molar-refractivity contribution is 8.26. The molecule has 0 atom stereocenters. The number of aromatic nitrogens is 1. The summed E-state index contributed by atoms with van der Waals surface area (Å²) in [7, 11) is 0. The van der Waals surface area contributed by atoms with Gasteiger partial charge in [0, 0.05) is 17.2 Å². The van der Waals surface area contributed by atoms with E-state index in [2.05, 4.69) is 10.4 Å². The zero-order valence-electron chi connectivity index (χ0n) is 12.8. The molecule has 2 amide bonds. The Bertz CT molecular complexity index is 850. The average molecular weight is 356 g/mol. The van der Waals surface area contributed by atoms with E-state index in [-0.39, 0.29) is 11.8 Å². The molecule has 1 saturated heterocycles. The van der Waals surface area contributed by atoms with Crippen LogP contribution in [0.5, 0.6) is 0 Å². The molecule has 2 heterocycles. The van der Waals surface area contributed by atoms with Gasteiger partial charge in [0.25, 0.3) is 11.8 Å². The first-order valence-electron chi connectivity index (χ1n) is 7.17. The second kappa shape index (κ2) is 6.94. The Hall–Kier alpha value is -2.51. The number of amides is 2. The maximum Gasteiger partial charge on any atom is 0.285 e. The van der Waals surface area contributed by atoms with E-state index in [4.69, 9.17) is 12.2 Å². The van der Waals surface area contributed by atoms with Crippen molar-refractivity contribution < 1.29 is 14.6 Å². The van der Waals surface area contributed by atoms with E-state index in [1.54, 1.807) is 30.6 Å². The summed E-state index contributed by atoms with van der Waals surface area (Å²) in [4.78, 5) is 28.3. The molecule has 0 saturated carbocycles. The van der Waals surface area contributed by atoms with Crippen LogP contribution >= 0.6 is 24.0 Å². The highest BCUT2D eigenvalue weighted by atomic mass is 32.2. The summed E-state index contributed by atoms with van der Waals surface area (Å²) in [6.07, 6.45) is 5.29. The number of hydrazine groups is 1.